The lowest BCUT2D eigenvalue weighted by molar-refractivity contribution is 0.0687. The molecule has 0 radical (unpaired) electrons. The van der Waals surface area contributed by atoms with E-state index in [1.807, 2.05) is 6.92 Å². The van der Waals surface area contributed by atoms with Crippen molar-refractivity contribution in [2.45, 2.75) is 6.92 Å². The van der Waals surface area contributed by atoms with Gasteiger partial charge in [0.2, 0.25) is 5.69 Å². The Morgan fingerprint density at radius 3 is 2.67 bits per heavy atom. The Bertz CT molecular complexity index is 604. The van der Waals surface area contributed by atoms with Crippen molar-refractivity contribution in [2.75, 3.05) is 7.11 Å². The van der Waals surface area contributed by atoms with E-state index < -0.39 is 5.97 Å². The van der Waals surface area contributed by atoms with Crippen LogP contribution in [0.4, 0.5) is 0 Å². The highest BCUT2D eigenvalue weighted by Gasteiger charge is 2.15. The average Bonchev–Trinajstić information content (AvgIpc) is 2.71. The van der Waals surface area contributed by atoms with Crippen LogP contribution in [0, 0.1) is 6.92 Å². The molecule has 0 aliphatic carbocycles. The van der Waals surface area contributed by atoms with Crippen molar-refractivity contribution in [3.8, 4) is 17.2 Å². The van der Waals surface area contributed by atoms with Gasteiger partial charge in [0, 0.05) is 0 Å². The molecule has 0 saturated carbocycles. The van der Waals surface area contributed by atoms with E-state index in [0.29, 0.717) is 5.69 Å². The number of aromatic hydroxyl groups is 1. The van der Waals surface area contributed by atoms with Gasteiger partial charge in [-0.05, 0) is 30.7 Å². The molecule has 2 N–H and O–H groups in total. The number of carboxylic acids is 1. The molecule has 0 bridgehead atoms. The van der Waals surface area contributed by atoms with Crippen LogP contribution < -0.4 is 4.74 Å². The fraction of sp³-hybridized carbons (Fsp3) is 0.167. The largest absolute Gasteiger partial charge is 0.504 e. The molecule has 94 valence electrons. The number of benzene rings is 1. The predicted octanol–water partition coefficient (Wildman–Crippen LogP) is 1.59. The van der Waals surface area contributed by atoms with Crippen LogP contribution in [-0.4, -0.2) is 33.1 Å². The van der Waals surface area contributed by atoms with Crippen LogP contribution in [-0.2, 0) is 0 Å². The molecule has 0 aliphatic rings. The minimum Gasteiger partial charge on any atom is -0.504 e. The first-order chi connectivity index (χ1) is 8.52. The second-order valence-corrected chi connectivity index (χ2v) is 3.77. The number of methoxy groups -OCH3 is 1. The van der Waals surface area contributed by atoms with Crippen LogP contribution in [0.1, 0.15) is 16.1 Å². The summed E-state index contributed by atoms with van der Waals surface area (Å²) < 4.78 is 6.44. The molecule has 0 fully saturated rings. The molecular weight excluding hydrogens is 236 g/mol. The molecule has 1 heterocycles. The van der Waals surface area contributed by atoms with Crippen molar-refractivity contribution in [1.29, 1.82) is 0 Å². The Labute approximate surface area is 103 Å². The standard InChI is InChI=1S/C12H12N2O4/c1-7-5-8(3-4-10(7)18-2)14-6-9(15)11(13-14)12(16)17/h3-6,15H,1-2H3,(H,16,17). The summed E-state index contributed by atoms with van der Waals surface area (Å²) in [6, 6.07) is 5.27. The van der Waals surface area contributed by atoms with Crippen LogP contribution in [0.2, 0.25) is 0 Å². The number of aromatic nitrogens is 2. The number of hydrogen-bond acceptors (Lipinski definition) is 4. The van der Waals surface area contributed by atoms with Crippen molar-refractivity contribution >= 4 is 5.97 Å². The van der Waals surface area contributed by atoms with E-state index in [4.69, 9.17) is 9.84 Å². The number of rotatable bonds is 3. The molecule has 1 aromatic heterocycles. The number of aromatic carboxylic acids is 1. The molecule has 0 spiro atoms. The number of aryl methyl sites for hydroxylation is 1. The molecule has 0 atom stereocenters. The molecule has 0 unspecified atom stereocenters. The quantitative estimate of drug-likeness (QED) is 0.861. The van der Waals surface area contributed by atoms with Gasteiger partial charge >= 0.3 is 5.97 Å². The van der Waals surface area contributed by atoms with E-state index in [1.54, 1.807) is 25.3 Å². The Hall–Kier alpha value is -2.50. The normalized spacial score (nSPS) is 10.3. The molecule has 6 heteroatoms. The van der Waals surface area contributed by atoms with Crippen molar-refractivity contribution in [3.63, 3.8) is 0 Å². The van der Waals surface area contributed by atoms with Gasteiger partial charge in [-0.2, -0.15) is 5.10 Å². The molecule has 1 aromatic carbocycles. The van der Waals surface area contributed by atoms with Gasteiger partial charge in [-0.25, -0.2) is 9.48 Å². The SMILES string of the molecule is COc1ccc(-n2cc(O)c(C(=O)O)n2)cc1C. The fourth-order valence-corrected chi connectivity index (χ4v) is 1.65. The van der Waals surface area contributed by atoms with Gasteiger partial charge in [0.15, 0.2) is 5.75 Å². The summed E-state index contributed by atoms with van der Waals surface area (Å²) in [7, 11) is 1.57. The zero-order valence-corrected chi connectivity index (χ0v) is 9.91. The van der Waals surface area contributed by atoms with Gasteiger partial charge in [0.1, 0.15) is 5.75 Å². The van der Waals surface area contributed by atoms with Crippen LogP contribution in [0.5, 0.6) is 11.5 Å². The summed E-state index contributed by atoms with van der Waals surface area (Å²) in [5, 5.41) is 22.1. The maximum Gasteiger partial charge on any atom is 0.360 e. The highest BCUT2D eigenvalue weighted by molar-refractivity contribution is 5.88. The van der Waals surface area contributed by atoms with Gasteiger partial charge in [0.05, 0.1) is 19.0 Å². The zero-order chi connectivity index (χ0) is 13.3. The van der Waals surface area contributed by atoms with Crippen LogP contribution in [0.25, 0.3) is 5.69 Å². The topological polar surface area (TPSA) is 84.6 Å². The van der Waals surface area contributed by atoms with E-state index in [2.05, 4.69) is 5.10 Å². The Morgan fingerprint density at radius 1 is 1.44 bits per heavy atom. The zero-order valence-electron chi connectivity index (χ0n) is 9.91. The minimum atomic E-state index is -1.27. The number of carboxylic acid groups (broad SMARTS) is 1. The summed E-state index contributed by atoms with van der Waals surface area (Å²) in [5.74, 6) is -0.902. The van der Waals surface area contributed by atoms with E-state index in [0.717, 1.165) is 11.3 Å². The average molecular weight is 248 g/mol. The maximum atomic E-state index is 10.8. The summed E-state index contributed by atoms with van der Waals surface area (Å²) in [6.45, 7) is 1.86. The van der Waals surface area contributed by atoms with Crippen molar-refractivity contribution < 1.29 is 19.7 Å². The van der Waals surface area contributed by atoms with Crippen LogP contribution >= 0.6 is 0 Å². The predicted molar refractivity (Wildman–Crippen MR) is 63.5 cm³/mol. The lowest BCUT2D eigenvalue weighted by Crippen LogP contribution is -2.01. The second kappa shape index (κ2) is 4.40. The van der Waals surface area contributed by atoms with Crippen LogP contribution in [0.15, 0.2) is 24.4 Å². The monoisotopic (exact) mass is 248 g/mol. The van der Waals surface area contributed by atoms with E-state index in [9.17, 15) is 9.90 Å². The maximum absolute atomic E-state index is 10.8. The van der Waals surface area contributed by atoms with E-state index in [-0.39, 0.29) is 11.4 Å². The fourth-order valence-electron chi connectivity index (χ4n) is 1.65. The minimum absolute atomic E-state index is 0.365. The molecule has 6 nitrogen and oxygen atoms in total. The highest BCUT2D eigenvalue weighted by atomic mass is 16.5. The molecule has 2 aromatic rings. The second-order valence-electron chi connectivity index (χ2n) is 3.77. The Morgan fingerprint density at radius 2 is 2.17 bits per heavy atom. The summed E-state index contributed by atoms with van der Waals surface area (Å²) in [5.41, 5.74) is 1.17. The Balaban J connectivity index is 2.46. The smallest absolute Gasteiger partial charge is 0.360 e. The molecular formula is C12H12N2O4. The third kappa shape index (κ3) is 2.00. The lowest BCUT2D eigenvalue weighted by Gasteiger charge is -2.06. The summed E-state index contributed by atoms with van der Waals surface area (Å²) in [6.07, 6.45) is 1.25. The molecule has 18 heavy (non-hydrogen) atoms. The third-order valence-electron chi connectivity index (χ3n) is 2.54. The summed E-state index contributed by atoms with van der Waals surface area (Å²) >= 11 is 0. The number of ether oxygens (including phenoxy) is 1. The van der Waals surface area contributed by atoms with E-state index >= 15 is 0 Å². The van der Waals surface area contributed by atoms with Crippen molar-refractivity contribution in [3.05, 3.63) is 35.7 Å². The first-order valence-electron chi connectivity index (χ1n) is 5.20. The Kier molecular flexibility index (Phi) is 2.93. The number of hydrogen-bond donors (Lipinski definition) is 2. The lowest BCUT2D eigenvalue weighted by atomic mass is 10.2. The van der Waals surface area contributed by atoms with Gasteiger partial charge in [0.25, 0.3) is 0 Å². The molecule has 2 rings (SSSR count). The van der Waals surface area contributed by atoms with Gasteiger partial charge in [-0.3, -0.25) is 0 Å². The first-order valence-corrected chi connectivity index (χ1v) is 5.20. The van der Waals surface area contributed by atoms with Gasteiger partial charge in [-0.15, -0.1) is 0 Å². The van der Waals surface area contributed by atoms with Crippen molar-refractivity contribution in [2.24, 2.45) is 0 Å². The molecule has 0 amide bonds. The van der Waals surface area contributed by atoms with Crippen LogP contribution in [0.3, 0.4) is 0 Å². The van der Waals surface area contributed by atoms with Crippen molar-refractivity contribution in [1.82, 2.24) is 9.78 Å². The first kappa shape index (κ1) is 12.0. The molecule has 0 aliphatic heterocycles. The molecule has 0 saturated heterocycles. The number of carbonyl (C=O) groups is 1. The van der Waals surface area contributed by atoms with Gasteiger partial charge < -0.3 is 14.9 Å². The van der Waals surface area contributed by atoms with Gasteiger partial charge in [-0.1, -0.05) is 0 Å². The van der Waals surface area contributed by atoms with E-state index in [1.165, 1.54) is 10.9 Å². The number of nitrogens with zero attached hydrogens (tertiary/aromatic N) is 2. The summed E-state index contributed by atoms with van der Waals surface area (Å²) in [4.78, 5) is 10.8. The third-order valence-corrected chi connectivity index (χ3v) is 2.54. The highest BCUT2D eigenvalue weighted by Crippen LogP contribution is 2.23.